The van der Waals surface area contributed by atoms with Crippen LogP contribution in [0.5, 0.6) is 0 Å². The number of rotatable bonds is 8. The maximum Gasteiger partial charge on any atom is 0.328 e. The lowest BCUT2D eigenvalue weighted by atomic mass is 9.90. The normalized spacial score (nSPS) is 19.4. The molecule has 0 aromatic heterocycles. The van der Waals surface area contributed by atoms with E-state index in [0.717, 1.165) is 38.4 Å². The number of piperidine rings is 1. The second-order valence-corrected chi connectivity index (χ2v) is 11.0. The van der Waals surface area contributed by atoms with E-state index >= 15 is 0 Å². The van der Waals surface area contributed by atoms with E-state index in [0.29, 0.717) is 29.7 Å². The number of carboxylic acids is 2. The fourth-order valence-corrected chi connectivity index (χ4v) is 6.25. The Labute approximate surface area is 216 Å². The summed E-state index contributed by atoms with van der Waals surface area (Å²) >= 11 is 0. The molecule has 4 rings (SSSR count). The van der Waals surface area contributed by atoms with Gasteiger partial charge in [0.2, 0.25) is 10.0 Å². The van der Waals surface area contributed by atoms with Crippen molar-refractivity contribution in [2.45, 2.75) is 37.4 Å². The third-order valence-electron chi connectivity index (χ3n) is 6.55. The number of hydrogen-bond donors (Lipinski definition) is 3. The van der Waals surface area contributed by atoms with Gasteiger partial charge in [0.25, 0.3) is 5.91 Å². The van der Waals surface area contributed by atoms with Crippen LogP contribution in [0.2, 0.25) is 0 Å². The molecule has 198 valence electrons. The number of carboxylic acid groups (broad SMARTS) is 2. The van der Waals surface area contributed by atoms with Gasteiger partial charge in [0.05, 0.1) is 0 Å². The highest BCUT2D eigenvalue weighted by Crippen LogP contribution is 2.33. The van der Waals surface area contributed by atoms with Gasteiger partial charge < -0.3 is 15.1 Å². The van der Waals surface area contributed by atoms with Crippen LogP contribution >= 0.6 is 0 Å². The number of likely N-dealkylation sites (tertiary alicyclic amines) is 1. The van der Waals surface area contributed by atoms with Gasteiger partial charge in [-0.25, -0.2) is 22.7 Å². The molecule has 2 aliphatic rings. The molecule has 2 aromatic carbocycles. The van der Waals surface area contributed by atoms with Crippen LogP contribution in [0, 0.1) is 5.92 Å². The first-order chi connectivity index (χ1) is 17.7. The van der Waals surface area contributed by atoms with Crippen LogP contribution in [-0.2, 0) is 26.0 Å². The molecule has 0 spiro atoms. The molecule has 1 amide bonds. The van der Waals surface area contributed by atoms with Crippen molar-refractivity contribution in [3.8, 4) is 0 Å². The van der Waals surface area contributed by atoms with Gasteiger partial charge in [0.1, 0.15) is 5.25 Å². The van der Waals surface area contributed by atoms with E-state index in [1.54, 1.807) is 24.3 Å². The molecule has 0 aliphatic carbocycles. The smallest absolute Gasteiger partial charge is 0.328 e. The molecule has 0 bridgehead atoms. The Hall–Kier alpha value is -3.50. The molecule has 2 aliphatic heterocycles. The summed E-state index contributed by atoms with van der Waals surface area (Å²) in [5.41, 5.74) is 2.53. The zero-order valence-corrected chi connectivity index (χ0v) is 21.3. The van der Waals surface area contributed by atoms with Gasteiger partial charge in [-0.05, 0) is 74.8 Å². The molecule has 2 heterocycles. The van der Waals surface area contributed by atoms with Crippen LogP contribution < -0.4 is 4.72 Å². The van der Waals surface area contributed by atoms with Gasteiger partial charge in [-0.3, -0.25) is 4.79 Å². The minimum atomic E-state index is -3.65. The molecule has 3 N–H and O–H groups in total. The molecule has 1 saturated heterocycles. The minimum absolute atomic E-state index is 0.481. The van der Waals surface area contributed by atoms with Crippen molar-refractivity contribution in [2.75, 3.05) is 19.6 Å². The Kier molecular flexibility index (Phi) is 9.99. The molecular weight excluding hydrogens is 496 g/mol. The molecule has 9 nitrogen and oxygen atoms in total. The van der Waals surface area contributed by atoms with E-state index < -0.39 is 33.1 Å². The zero-order chi connectivity index (χ0) is 26.8. The minimum Gasteiger partial charge on any atom is -0.478 e. The van der Waals surface area contributed by atoms with Crippen LogP contribution in [0.4, 0.5) is 0 Å². The molecule has 0 radical (unpaired) electrons. The molecule has 10 heteroatoms. The van der Waals surface area contributed by atoms with Gasteiger partial charge in [-0.2, -0.15) is 0 Å². The maximum atomic E-state index is 12.5. The Balaban J connectivity index is 0.000000414. The molecule has 1 atom stereocenters. The van der Waals surface area contributed by atoms with E-state index in [-0.39, 0.29) is 0 Å². The summed E-state index contributed by atoms with van der Waals surface area (Å²) in [5.74, 6) is -2.30. The fourth-order valence-electron chi connectivity index (χ4n) is 4.72. The van der Waals surface area contributed by atoms with Crippen molar-refractivity contribution in [3.63, 3.8) is 0 Å². The quantitative estimate of drug-likeness (QED) is 0.444. The first kappa shape index (κ1) is 28.1. The van der Waals surface area contributed by atoms with Crippen molar-refractivity contribution in [3.05, 3.63) is 83.4 Å². The average molecular weight is 529 g/mol. The van der Waals surface area contributed by atoms with Gasteiger partial charge in [0, 0.05) is 17.7 Å². The van der Waals surface area contributed by atoms with Gasteiger partial charge in [-0.15, -0.1) is 0 Å². The molecule has 1 fully saturated rings. The van der Waals surface area contributed by atoms with E-state index in [1.165, 1.54) is 18.4 Å². The fraction of sp³-hybridized carbons (Fsp3) is 0.370. The monoisotopic (exact) mass is 528 g/mol. The summed E-state index contributed by atoms with van der Waals surface area (Å²) in [4.78, 5) is 33.6. The first-order valence-electron chi connectivity index (χ1n) is 12.2. The Morgan fingerprint density at radius 3 is 2.16 bits per heavy atom. The van der Waals surface area contributed by atoms with Crippen LogP contribution in [0.1, 0.15) is 52.4 Å². The summed E-state index contributed by atoms with van der Waals surface area (Å²) in [6, 6.07) is 17.7. The van der Waals surface area contributed by atoms with Crippen molar-refractivity contribution >= 4 is 27.9 Å². The molecular formula is C27H32N2O7S. The Bertz CT molecular complexity index is 1200. The van der Waals surface area contributed by atoms with Crippen molar-refractivity contribution in [1.82, 2.24) is 9.62 Å². The second-order valence-electron chi connectivity index (χ2n) is 9.18. The van der Waals surface area contributed by atoms with Gasteiger partial charge in [0.15, 0.2) is 0 Å². The molecule has 2 aromatic rings. The maximum absolute atomic E-state index is 12.5. The van der Waals surface area contributed by atoms with E-state index in [9.17, 15) is 22.8 Å². The van der Waals surface area contributed by atoms with Crippen molar-refractivity contribution < 1.29 is 33.0 Å². The summed E-state index contributed by atoms with van der Waals surface area (Å²) in [6.45, 7) is 3.05. The van der Waals surface area contributed by atoms with Crippen molar-refractivity contribution in [1.29, 1.82) is 0 Å². The lowest BCUT2D eigenvalue weighted by molar-refractivity contribution is -0.134. The topological polar surface area (TPSA) is 141 Å². The number of amides is 1. The number of hydrogen-bond acceptors (Lipinski definition) is 6. The summed E-state index contributed by atoms with van der Waals surface area (Å²) in [5, 5.41) is 15.0. The number of carbonyl (C=O) groups excluding carboxylic acids is 1. The first-order valence-corrected chi connectivity index (χ1v) is 13.8. The molecule has 0 saturated carbocycles. The summed E-state index contributed by atoms with van der Waals surface area (Å²) in [7, 11) is -3.65. The average Bonchev–Trinajstić information content (AvgIpc) is 2.86. The number of carbonyl (C=O) groups is 3. The van der Waals surface area contributed by atoms with Crippen molar-refractivity contribution in [2.24, 2.45) is 5.92 Å². The summed E-state index contributed by atoms with van der Waals surface area (Å²) < 4.78 is 27.2. The lowest BCUT2D eigenvalue weighted by Crippen LogP contribution is -2.40. The van der Waals surface area contributed by atoms with Crippen LogP contribution in [-0.4, -0.2) is 61.0 Å². The number of fused-ring (bicyclic) bond motifs is 1. The largest absolute Gasteiger partial charge is 0.478 e. The van der Waals surface area contributed by atoms with E-state index in [2.05, 4.69) is 40.0 Å². The van der Waals surface area contributed by atoms with E-state index in [1.807, 2.05) is 0 Å². The number of nitrogens with zero attached hydrogens (tertiary/aromatic N) is 1. The predicted octanol–water partition coefficient (Wildman–Crippen LogP) is 3.25. The van der Waals surface area contributed by atoms with Crippen LogP contribution in [0.15, 0.2) is 66.7 Å². The van der Waals surface area contributed by atoms with Crippen LogP contribution in [0.25, 0.3) is 0 Å². The second kappa shape index (κ2) is 13.2. The number of sulfonamides is 1. The molecule has 37 heavy (non-hydrogen) atoms. The standard InChI is InChI=1S/C23H28N2O3S.C4H4O4/c26-23-21-10-5-4-9-20(21)22(29(27,28)24-23)11-6-14-25-15-12-19(13-16-25)17-18-7-2-1-3-8-18;5-3(6)1-2-4(7)8/h1-5,7-10,19,22H,6,11-17H2,(H,24,26);1-2H,(H,5,6)(H,7,8)/b;2-1+. The SMILES string of the molecule is O=C(O)/C=C/C(=O)O.O=C1NS(=O)(=O)C(CCCN2CCC(Cc3ccccc3)CC2)c2ccccc21. The van der Waals surface area contributed by atoms with E-state index in [4.69, 9.17) is 10.2 Å². The Morgan fingerprint density at radius 2 is 1.54 bits per heavy atom. The third-order valence-corrected chi connectivity index (χ3v) is 8.25. The molecule has 1 unspecified atom stereocenters. The zero-order valence-electron chi connectivity index (χ0n) is 20.5. The van der Waals surface area contributed by atoms with Gasteiger partial charge in [-0.1, -0.05) is 48.5 Å². The predicted molar refractivity (Wildman–Crippen MR) is 139 cm³/mol. The number of nitrogens with one attached hydrogen (secondary N) is 1. The third kappa shape index (κ3) is 8.54. The summed E-state index contributed by atoms with van der Waals surface area (Å²) in [6.07, 6.45) is 5.97. The number of aliphatic carboxylic acids is 2. The highest BCUT2D eigenvalue weighted by atomic mass is 32.2. The van der Waals surface area contributed by atoms with Crippen LogP contribution in [0.3, 0.4) is 0 Å². The highest BCUT2D eigenvalue weighted by Gasteiger charge is 2.36. The van der Waals surface area contributed by atoms with Gasteiger partial charge >= 0.3 is 11.9 Å². The highest BCUT2D eigenvalue weighted by molar-refractivity contribution is 7.90. The Morgan fingerprint density at radius 1 is 0.946 bits per heavy atom. The number of benzene rings is 2. The lowest BCUT2D eigenvalue weighted by Gasteiger charge is -2.32.